The molecule has 0 saturated heterocycles. The molecule has 8 heteroatoms. The van der Waals surface area contributed by atoms with Crippen molar-refractivity contribution < 1.29 is 18.8 Å². The van der Waals surface area contributed by atoms with Gasteiger partial charge in [-0.2, -0.15) is 0 Å². The first-order chi connectivity index (χ1) is 16.4. The highest BCUT2D eigenvalue weighted by atomic mass is 35.5. The average molecular weight is 501 g/mol. The maximum absolute atomic E-state index is 14.5. The summed E-state index contributed by atoms with van der Waals surface area (Å²) in [6, 6.07) is 9.56. The fourth-order valence-corrected chi connectivity index (χ4v) is 5.28. The largest absolute Gasteiger partial charge is 0.385 e. The van der Waals surface area contributed by atoms with Gasteiger partial charge in [-0.3, -0.25) is 0 Å². The normalized spacial score (nSPS) is 22.5. The average Bonchev–Trinajstić information content (AvgIpc) is 3.59. The van der Waals surface area contributed by atoms with Gasteiger partial charge in [-0.25, -0.2) is 9.24 Å². The summed E-state index contributed by atoms with van der Waals surface area (Å²) in [5.74, 6) is 0.606. The Bertz CT molecular complexity index is 1240. The number of aromatic nitrogens is 1. The molecule has 176 valence electrons. The molecule has 34 heavy (non-hydrogen) atoms. The molecule has 2 fully saturated rings. The molecule has 2 aromatic carbocycles. The Balaban J connectivity index is 1.31. The zero-order valence-electron chi connectivity index (χ0n) is 18.4. The van der Waals surface area contributed by atoms with Crippen LogP contribution >= 0.6 is 23.2 Å². The first-order valence-corrected chi connectivity index (χ1v) is 12.1. The topological polar surface area (TPSA) is 59.9 Å². The van der Waals surface area contributed by atoms with Crippen molar-refractivity contribution in [1.29, 1.82) is 0 Å². The summed E-state index contributed by atoms with van der Waals surface area (Å²) in [6.07, 6.45) is 3.89. The molecule has 5 rings (SSSR count). The Morgan fingerprint density at radius 2 is 1.85 bits per heavy atom. The van der Waals surface area contributed by atoms with Gasteiger partial charge in [-0.1, -0.05) is 46.6 Å². The molecule has 2 saturated carbocycles. The van der Waals surface area contributed by atoms with Crippen molar-refractivity contribution in [2.75, 3.05) is 0 Å². The summed E-state index contributed by atoms with van der Waals surface area (Å²) in [7, 11) is 0. The van der Waals surface area contributed by atoms with Crippen LogP contribution in [0.5, 0.6) is 0 Å². The molecule has 1 N–H and O–H groups in total. The van der Waals surface area contributed by atoms with Crippen LogP contribution in [0.25, 0.3) is 16.1 Å². The third-order valence-electron chi connectivity index (χ3n) is 6.77. The Labute approximate surface area is 207 Å². The third kappa shape index (κ3) is 4.46. The second-order valence-corrected chi connectivity index (χ2v) is 9.88. The summed E-state index contributed by atoms with van der Waals surface area (Å²) in [4.78, 5) is 3.24. The number of hydrogen-bond acceptors (Lipinski definition) is 4. The Morgan fingerprint density at radius 3 is 2.47 bits per heavy atom. The summed E-state index contributed by atoms with van der Waals surface area (Å²) >= 11 is 12.9. The third-order valence-corrected chi connectivity index (χ3v) is 7.40. The SMILES string of the molecule is [C-]#[N+]c1ccc(C2(O)CCC(OCc3c(-c4c(Cl)cccc4Cl)noc3C3CC3)CC2)c(F)c1. The Morgan fingerprint density at radius 1 is 1.15 bits per heavy atom. The summed E-state index contributed by atoms with van der Waals surface area (Å²) in [5.41, 5.74) is 1.29. The summed E-state index contributed by atoms with van der Waals surface area (Å²) < 4.78 is 26.5. The first kappa shape index (κ1) is 23.3. The van der Waals surface area contributed by atoms with E-state index in [9.17, 15) is 9.50 Å². The first-order valence-electron chi connectivity index (χ1n) is 11.3. The number of nitrogens with zero attached hydrogens (tertiary/aromatic N) is 2. The van der Waals surface area contributed by atoms with E-state index in [0.717, 1.165) is 24.2 Å². The van der Waals surface area contributed by atoms with Crippen molar-refractivity contribution in [3.8, 4) is 11.3 Å². The number of ether oxygens (including phenoxy) is 1. The van der Waals surface area contributed by atoms with Crippen LogP contribution in [0.2, 0.25) is 10.0 Å². The molecular weight excluding hydrogens is 478 g/mol. The molecule has 0 radical (unpaired) electrons. The van der Waals surface area contributed by atoms with Crippen molar-refractivity contribution in [2.45, 2.75) is 62.8 Å². The minimum Gasteiger partial charge on any atom is -0.385 e. The predicted octanol–water partition coefficient (Wildman–Crippen LogP) is 7.56. The van der Waals surface area contributed by atoms with E-state index < -0.39 is 11.4 Å². The zero-order chi connectivity index (χ0) is 23.9. The zero-order valence-corrected chi connectivity index (χ0v) is 19.9. The molecule has 2 aliphatic rings. The van der Waals surface area contributed by atoms with E-state index in [1.807, 2.05) is 0 Å². The quantitative estimate of drug-likeness (QED) is 0.354. The second-order valence-electron chi connectivity index (χ2n) is 9.06. The van der Waals surface area contributed by atoms with E-state index in [1.165, 1.54) is 12.1 Å². The van der Waals surface area contributed by atoms with E-state index in [-0.39, 0.29) is 17.4 Å². The number of rotatable bonds is 6. The van der Waals surface area contributed by atoms with Crippen molar-refractivity contribution in [3.05, 3.63) is 80.6 Å². The van der Waals surface area contributed by atoms with Crippen molar-refractivity contribution in [1.82, 2.24) is 5.16 Å². The lowest BCUT2D eigenvalue weighted by atomic mass is 9.78. The Hall–Kier alpha value is -2.43. The fraction of sp³-hybridized carbons (Fsp3) is 0.385. The van der Waals surface area contributed by atoms with Gasteiger partial charge in [0.05, 0.1) is 34.9 Å². The van der Waals surface area contributed by atoms with Gasteiger partial charge in [-0.15, -0.1) is 0 Å². The standard InChI is InChI=1S/C26H23Cl2FN2O3/c1-30-16-7-8-19(22(29)13-16)26(32)11-9-17(10-12-26)33-14-18-24(31-34-25(18)15-5-6-15)23-20(27)3-2-4-21(23)28/h2-4,7-8,13,15,17,32H,5-6,9-12,14H2. The van der Waals surface area contributed by atoms with E-state index in [1.54, 1.807) is 24.3 Å². The van der Waals surface area contributed by atoms with E-state index >= 15 is 0 Å². The predicted molar refractivity (Wildman–Crippen MR) is 128 cm³/mol. The summed E-state index contributed by atoms with van der Waals surface area (Å²) in [5, 5.41) is 16.4. The van der Waals surface area contributed by atoms with E-state index in [4.69, 9.17) is 39.0 Å². The van der Waals surface area contributed by atoms with Crippen LogP contribution in [0.3, 0.4) is 0 Å². The highest BCUT2D eigenvalue weighted by Gasteiger charge is 2.38. The lowest BCUT2D eigenvalue weighted by Crippen LogP contribution is -2.35. The highest BCUT2D eigenvalue weighted by Crippen LogP contribution is 2.46. The van der Waals surface area contributed by atoms with Crippen LogP contribution in [0.1, 0.15) is 61.3 Å². The molecule has 0 aliphatic heterocycles. The second kappa shape index (κ2) is 9.31. The lowest BCUT2D eigenvalue weighted by Gasteiger charge is -2.36. The van der Waals surface area contributed by atoms with E-state index in [2.05, 4.69) is 10.0 Å². The van der Waals surface area contributed by atoms with Crippen LogP contribution in [0.15, 0.2) is 40.9 Å². The van der Waals surface area contributed by atoms with Crippen LogP contribution < -0.4 is 0 Å². The van der Waals surface area contributed by atoms with Crippen LogP contribution in [0.4, 0.5) is 10.1 Å². The van der Waals surface area contributed by atoms with Gasteiger partial charge in [0.15, 0.2) is 5.69 Å². The number of benzene rings is 2. The molecule has 1 aromatic heterocycles. The van der Waals surface area contributed by atoms with Crippen molar-refractivity contribution >= 4 is 28.9 Å². The monoisotopic (exact) mass is 500 g/mol. The molecule has 0 amide bonds. The molecule has 0 atom stereocenters. The van der Waals surface area contributed by atoms with Crippen molar-refractivity contribution in [3.63, 3.8) is 0 Å². The van der Waals surface area contributed by atoms with Gasteiger partial charge in [0.2, 0.25) is 0 Å². The molecule has 3 aromatic rings. The molecular formula is C26H23Cl2FN2O3. The van der Waals surface area contributed by atoms with Gasteiger partial charge in [0, 0.05) is 22.6 Å². The van der Waals surface area contributed by atoms with Crippen LogP contribution in [0, 0.1) is 12.4 Å². The molecule has 0 spiro atoms. The fourth-order valence-electron chi connectivity index (χ4n) is 4.71. The number of hydrogen-bond donors (Lipinski definition) is 1. The van der Waals surface area contributed by atoms with Gasteiger partial charge >= 0.3 is 0 Å². The summed E-state index contributed by atoms with van der Waals surface area (Å²) in [6.45, 7) is 7.32. The van der Waals surface area contributed by atoms with Gasteiger partial charge in [-0.05, 0) is 56.7 Å². The van der Waals surface area contributed by atoms with Crippen molar-refractivity contribution in [2.24, 2.45) is 0 Å². The highest BCUT2D eigenvalue weighted by molar-refractivity contribution is 6.39. The van der Waals surface area contributed by atoms with Gasteiger partial charge < -0.3 is 14.4 Å². The van der Waals surface area contributed by atoms with Gasteiger partial charge in [0.25, 0.3) is 0 Å². The molecule has 0 unspecified atom stereocenters. The van der Waals surface area contributed by atoms with Crippen LogP contribution in [-0.4, -0.2) is 16.4 Å². The number of halogens is 3. The smallest absolute Gasteiger partial charge is 0.190 e. The lowest BCUT2D eigenvalue weighted by molar-refractivity contribution is -0.0656. The van der Waals surface area contributed by atoms with Gasteiger partial charge in [0.1, 0.15) is 17.3 Å². The minimum atomic E-state index is -1.27. The van der Waals surface area contributed by atoms with E-state index in [0.29, 0.717) is 59.5 Å². The maximum Gasteiger partial charge on any atom is 0.190 e. The minimum absolute atomic E-state index is 0.0950. The number of aliphatic hydroxyl groups is 1. The molecule has 2 aliphatic carbocycles. The molecule has 5 nitrogen and oxygen atoms in total. The van der Waals surface area contributed by atoms with Crippen LogP contribution in [-0.2, 0) is 16.9 Å². The molecule has 1 heterocycles. The maximum atomic E-state index is 14.5. The molecule has 0 bridgehead atoms. The Kier molecular flexibility index (Phi) is 6.39.